The molecule has 8 nitrogen and oxygen atoms in total. The van der Waals surface area contributed by atoms with Crippen LogP contribution in [0.25, 0.3) is 11.4 Å². The highest BCUT2D eigenvalue weighted by atomic mass is 19.1. The zero-order valence-corrected chi connectivity index (χ0v) is 19.6. The molecule has 0 aliphatic carbocycles. The minimum atomic E-state index is -0.961. The Hall–Kier alpha value is -4.27. The summed E-state index contributed by atoms with van der Waals surface area (Å²) in [5, 5.41) is 14.0. The fourth-order valence-electron chi connectivity index (χ4n) is 4.37. The van der Waals surface area contributed by atoms with Crippen LogP contribution < -0.4 is 10.6 Å². The van der Waals surface area contributed by atoms with Crippen LogP contribution in [0, 0.1) is 5.82 Å². The lowest BCUT2D eigenvalue weighted by Gasteiger charge is -2.19. The molecular weight excluding hydrogens is 461 g/mol. The second-order valence-corrected chi connectivity index (χ2v) is 8.78. The molecule has 2 amide bonds. The van der Waals surface area contributed by atoms with Gasteiger partial charge in [0.15, 0.2) is 11.6 Å². The Balaban J connectivity index is 1.39. The second kappa shape index (κ2) is 10.6. The number of anilines is 1. The number of aromatic nitrogens is 3. The van der Waals surface area contributed by atoms with Crippen molar-refractivity contribution < 1.29 is 18.4 Å². The van der Waals surface area contributed by atoms with Crippen molar-refractivity contribution in [3.63, 3.8) is 0 Å². The van der Waals surface area contributed by atoms with Gasteiger partial charge >= 0.3 is 0 Å². The van der Waals surface area contributed by atoms with Gasteiger partial charge in [-0.25, -0.2) is 4.39 Å². The molecule has 2 aromatic heterocycles. The highest BCUT2D eigenvalue weighted by Gasteiger charge is 2.25. The lowest BCUT2D eigenvalue weighted by molar-refractivity contribution is -0.118. The number of fused-ring (bicyclic) bond motifs is 1. The van der Waals surface area contributed by atoms with Gasteiger partial charge in [-0.15, -0.1) is 10.2 Å². The summed E-state index contributed by atoms with van der Waals surface area (Å²) in [7, 11) is 0. The van der Waals surface area contributed by atoms with Gasteiger partial charge < -0.3 is 19.6 Å². The number of aryl methyl sites for hydroxylation is 1. The Morgan fingerprint density at radius 2 is 1.89 bits per heavy atom. The third-order valence-corrected chi connectivity index (χ3v) is 6.24. The molecule has 0 bridgehead atoms. The topological polar surface area (TPSA) is 102 Å². The van der Waals surface area contributed by atoms with Gasteiger partial charge in [0.1, 0.15) is 17.7 Å². The molecule has 36 heavy (non-hydrogen) atoms. The van der Waals surface area contributed by atoms with Crippen LogP contribution in [0.5, 0.6) is 0 Å². The standard InChI is InChI=1S/C27H26FN5O3/c28-20-13-12-19(25-32-31-24-11-5-2-6-14-33(24)25)17-21(20)29-26(34)22(16-18-8-3-1-4-9-18)30-27(35)23-10-7-15-36-23/h1,3-4,7-10,12-13,15,17,22H,2,5-6,11,14,16H2,(H,29,34)(H,30,35). The van der Waals surface area contributed by atoms with E-state index < -0.39 is 23.7 Å². The van der Waals surface area contributed by atoms with Crippen LogP contribution >= 0.6 is 0 Å². The van der Waals surface area contributed by atoms with E-state index in [1.54, 1.807) is 18.2 Å². The van der Waals surface area contributed by atoms with Crippen LogP contribution in [0.1, 0.15) is 41.2 Å². The molecular formula is C27H26FN5O3. The number of carbonyl (C=O) groups excluding carboxylic acids is 2. The molecule has 0 spiro atoms. The van der Waals surface area contributed by atoms with Crippen molar-refractivity contribution >= 4 is 17.5 Å². The highest BCUT2D eigenvalue weighted by molar-refractivity contribution is 6.00. The van der Waals surface area contributed by atoms with Gasteiger partial charge in [-0.3, -0.25) is 9.59 Å². The maximum atomic E-state index is 14.8. The van der Waals surface area contributed by atoms with Gasteiger partial charge in [0.2, 0.25) is 5.91 Å². The number of nitrogens with one attached hydrogen (secondary N) is 2. The quantitative estimate of drug-likeness (QED) is 0.403. The predicted molar refractivity (Wildman–Crippen MR) is 132 cm³/mol. The van der Waals surface area contributed by atoms with Crippen LogP contribution in [-0.4, -0.2) is 32.6 Å². The maximum absolute atomic E-state index is 14.8. The molecule has 0 saturated heterocycles. The van der Waals surface area contributed by atoms with Crippen molar-refractivity contribution in [1.82, 2.24) is 20.1 Å². The molecule has 184 valence electrons. The number of halogens is 1. The van der Waals surface area contributed by atoms with E-state index in [0.29, 0.717) is 11.4 Å². The van der Waals surface area contributed by atoms with E-state index in [1.165, 1.54) is 18.4 Å². The first-order chi connectivity index (χ1) is 17.6. The normalized spacial score (nSPS) is 13.9. The van der Waals surface area contributed by atoms with Crippen LogP contribution in [0.15, 0.2) is 71.3 Å². The lowest BCUT2D eigenvalue weighted by Crippen LogP contribution is -2.45. The minimum absolute atomic E-state index is 0.00813. The Bertz CT molecular complexity index is 1350. The first kappa shape index (κ1) is 23.5. The van der Waals surface area contributed by atoms with E-state index in [-0.39, 0.29) is 17.9 Å². The predicted octanol–water partition coefficient (Wildman–Crippen LogP) is 4.38. The smallest absolute Gasteiger partial charge is 0.287 e. The second-order valence-electron chi connectivity index (χ2n) is 8.78. The van der Waals surface area contributed by atoms with Crippen LogP contribution in [0.3, 0.4) is 0 Å². The first-order valence-electron chi connectivity index (χ1n) is 12.0. The van der Waals surface area contributed by atoms with Crippen molar-refractivity contribution in [1.29, 1.82) is 0 Å². The number of furan rings is 1. The van der Waals surface area contributed by atoms with Gasteiger partial charge in [-0.1, -0.05) is 36.8 Å². The summed E-state index contributed by atoms with van der Waals surface area (Å²) in [5.74, 6) is -0.0123. The van der Waals surface area contributed by atoms with Crippen molar-refractivity contribution in [2.24, 2.45) is 0 Å². The molecule has 9 heteroatoms. The lowest BCUT2D eigenvalue weighted by atomic mass is 10.0. The first-order valence-corrected chi connectivity index (χ1v) is 12.0. The van der Waals surface area contributed by atoms with Gasteiger partial charge in [0, 0.05) is 24.9 Å². The van der Waals surface area contributed by atoms with Gasteiger partial charge in [0.25, 0.3) is 5.91 Å². The monoisotopic (exact) mass is 487 g/mol. The number of hydrogen-bond acceptors (Lipinski definition) is 5. The van der Waals surface area contributed by atoms with Crippen molar-refractivity contribution in [2.45, 2.75) is 44.7 Å². The third-order valence-electron chi connectivity index (χ3n) is 6.24. The van der Waals surface area contributed by atoms with Crippen LogP contribution in [-0.2, 0) is 24.2 Å². The van der Waals surface area contributed by atoms with Crippen molar-refractivity contribution in [2.75, 3.05) is 5.32 Å². The Kier molecular flexibility index (Phi) is 6.88. The largest absolute Gasteiger partial charge is 0.459 e. The number of rotatable bonds is 7. The molecule has 1 atom stereocenters. The van der Waals surface area contributed by atoms with Gasteiger partial charge in [-0.2, -0.15) is 0 Å². The van der Waals surface area contributed by atoms with Crippen LogP contribution in [0.4, 0.5) is 10.1 Å². The molecule has 0 saturated carbocycles. The third kappa shape index (κ3) is 5.19. The van der Waals surface area contributed by atoms with E-state index in [9.17, 15) is 14.0 Å². The molecule has 1 aliphatic heterocycles. The van der Waals surface area contributed by atoms with Gasteiger partial charge in [0.05, 0.1) is 12.0 Å². The van der Waals surface area contributed by atoms with E-state index in [4.69, 9.17) is 4.42 Å². The summed E-state index contributed by atoms with van der Waals surface area (Å²) in [6, 6.07) is 15.9. The molecule has 5 rings (SSSR count). The number of hydrogen-bond donors (Lipinski definition) is 2. The molecule has 4 aromatic rings. The average Bonchev–Trinajstić information content (AvgIpc) is 3.51. The fraction of sp³-hybridized carbons (Fsp3) is 0.259. The fourth-order valence-corrected chi connectivity index (χ4v) is 4.37. The van der Waals surface area contributed by atoms with E-state index >= 15 is 0 Å². The molecule has 0 radical (unpaired) electrons. The molecule has 0 fully saturated rings. The SMILES string of the molecule is O=C(NC(Cc1ccccc1)C(=O)Nc1cc(-c2nnc3n2CCCCC3)ccc1F)c1ccco1. The summed E-state index contributed by atoms with van der Waals surface area (Å²) >= 11 is 0. The summed E-state index contributed by atoms with van der Waals surface area (Å²) in [6.45, 7) is 0.800. The van der Waals surface area contributed by atoms with E-state index in [1.807, 2.05) is 30.3 Å². The summed E-state index contributed by atoms with van der Waals surface area (Å²) < 4.78 is 22.0. The Morgan fingerprint density at radius 3 is 2.69 bits per heavy atom. The Morgan fingerprint density at radius 1 is 1.03 bits per heavy atom. The van der Waals surface area contributed by atoms with E-state index in [2.05, 4.69) is 25.4 Å². The number of amides is 2. The number of benzene rings is 2. The van der Waals surface area contributed by atoms with Crippen molar-refractivity contribution in [3.8, 4) is 11.4 Å². The number of carbonyl (C=O) groups is 2. The highest BCUT2D eigenvalue weighted by Crippen LogP contribution is 2.27. The summed E-state index contributed by atoms with van der Waals surface area (Å²) in [5.41, 5.74) is 1.51. The number of nitrogens with zero attached hydrogens (tertiary/aromatic N) is 3. The maximum Gasteiger partial charge on any atom is 0.287 e. The summed E-state index contributed by atoms with van der Waals surface area (Å²) in [6.07, 6.45) is 5.68. The molecule has 1 unspecified atom stereocenters. The zero-order valence-electron chi connectivity index (χ0n) is 19.6. The molecule has 3 heterocycles. The summed E-state index contributed by atoms with van der Waals surface area (Å²) in [4.78, 5) is 25.9. The van der Waals surface area contributed by atoms with Gasteiger partial charge in [-0.05, 0) is 48.7 Å². The van der Waals surface area contributed by atoms with E-state index in [0.717, 1.165) is 43.6 Å². The minimum Gasteiger partial charge on any atom is -0.459 e. The van der Waals surface area contributed by atoms with Crippen molar-refractivity contribution in [3.05, 3.63) is 89.9 Å². The van der Waals surface area contributed by atoms with Crippen LogP contribution in [0.2, 0.25) is 0 Å². The zero-order chi connectivity index (χ0) is 24.9. The average molecular weight is 488 g/mol. The molecule has 2 N–H and O–H groups in total. The molecule has 1 aliphatic rings. The Labute approximate surface area is 207 Å². The molecule has 2 aromatic carbocycles.